The SMILES string of the molecule is CC(C)Cc1nc2ccc(N)cc2[nH]1.[Cl-]. The molecule has 0 bridgehead atoms. The third-order valence-electron chi connectivity index (χ3n) is 2.16. The van der Waals surface area contributed by atoms with Crippen LogP contribution in [0.1, 0.15) is 19.7 Å². The van der Waals surface area contributed by atoms with Gasteiger partial charge in [0, 0.05) is 12.1 Å². The Kier molecular flexibility index (Phi) is 3.58. The van der Waals surface area contributed by atoms with E-state index < -0.39 is 0 Å². The van der Waals surface area contributed by atoms with Gasteiger partial charge in [-0.15, -0.1) is 0 Å². The summed E-state index contributed by atoms with van der Waals surface area (Å²) >= 11 is 0. The van der Waals surface area contributed by atoms with Crippen LogP contribution >= 0.6 is 0 Å². The first-order chi connectivity index (χ1) is 6.65. The van der Waals surface area contributed by atoms with Crippen molar-refractivity contribution in [2.24, 2.45) is 5.92 Å². The number of H-pyrrole nitrogens is 1. The number of anilines is 1. The summed E-state index contributed by atoms with van der Waals surface area (Å²) in [6, 6.07) is 5.75. The first-order valence-electron chi connectivity index (χ1n) is 4.89. The summed E-state index contributed by atoms with van der Waals surface area (Å²) in [5.41, 5.74) is 8.49. The molecule has 3 N–H and O–H groups in total. The molecule has 0 aliphatic rings. The predicted octanol–water partition coefficient (Wildman–Crippen LogP) is -0.652. The highest BCUT2D eigenvalue weighted by atomic mass is 35.5. The van der Waals surface area contributed by atoms with Gasteiger partial charge in [-0.1, -0.05) is 13.8 Å². The molecule has 1 aromatic carbocycles. The van der Waals surface area contributed by atoms with Gasteiger partial charge in [0.2, 0.25) is 0 Å². The summed E-state index contributed by atoms with van der Waals surface area (Å²) in [6.45, 7) is 4.36. The number of aromatic nitrogens is 2. The van der Waals surface area contributed by atoms with Crippen molar-refractivity contribution in [1.29, 1.82) is 0 Å². The highest BCUT2D eigenvalue weighted by molar-refractivity contribution is 5.78. The number of fused-ring (bicyclic) bond motifs is 1. The van der Waals surface area contributed by atoms with Crippen LogP contribution in [-0.4, -0.2) is 9.97 Å². The number of halogens is 1. The lowest BCUT2D eigenvalue weighted by molar-refractivity contribution is -0.00000336. The van der Waals surface area contributed by atoms with Crippen LogP contribution in [0.3, 0.4) is 0 Å². The smallest absolute Gasteiger partial charge is 0.107 e. The van der Waals surface area contributed by atoms with Crippen molar-refractivity contribution in [2.75, 3.05) is 5.73 Å². The standard InChI is InChI=1S/C11H15N3.ClH/c1-7(2)5-11-13-9-4-3-8(12)6-10(9)14-11;/h3-4,6-7H,5,12H2,1-2H3,(H,13,14);1H/p-1. The molecule has 3 nitrogen and oxygen atoms in total. The lowest BCUT2D eigenvalue weighted by Crippen LogP contribution is -3.00. The molecular formula is C11H15ClN3-. The molecule has 0 aliphatic heterocycles. The topological polar surface area (TPSA) is 54.7 Å². The van der Waals surface area contributed by atoms with Crippen LogP contribution in [0.5, 0.6) is 0 Å². The van der Waals surface area contributed by atoms with Gasteiger partial charge in [-0.25, -0.2) is 4.98 Å². The van der Waals surface area contributed by atoms with E-state index in [1.54, 1.807) is 0 Å². The molecular weight excluding hydrogens is 210 g/mol. The average molecular weight is 225 g/mol. The molecule has 15 heavy (non-hydrogen) atoms. The van der Waals surface area contributed by atoms with Crippen molar-refractivity contribution in [3.05, 3.63) is 24.0 Å². The summed E-state index contributed by atoms with van der Waals surface area (Å²) in [7, 11) is 0. The molecule has 0 radical (unpaired) electrons. The molecule has 0 saturated carbocycles. The van der Waals surface area contributed by atoms with Gasteiger partial charge in [-0.2, -0.15) is 0 Å². The molecule has 0 saturated heterocycles. The van der Waals surface area contributed by atoms with Gasteiger partial charge in [0.15, 0.2) is 0 Å². The normalized spacial score (nSPS) is 10.6. The fourth-order valence-corrected chi connectivity index (χ4v) is 1.56. The average Bonchev–Trinajstić information content (AvgIpc) is 2.44. The number of nitrogen functional groups attached to an aromatic ring is 1. The minimum absolute atomic E-state index is 0. The zero-order valence-electron chi connectivity index (χ0n) is 8.92. The number of imidazole rings is 1. The Morgan fingerprint density at radius 1 is 1.40 bits per heavy atom. The molecule has 0 unspecified atom stereocenters. The van der Waals surface area contributed by atoms with Crippen molar-refractivity contribution in [3.8, 4) is 0 Å². The van der Waals surface area contributed by atoms with Crippen LogP contribution in [0.2, 0.25) is 0 Å². The number of hydrogen-bond donors (Lipinski definition) is 2. The van der Waals surface area contributed by atoms with Crippen LogP contribution < -0.4 is 18.1 Å². The molecule has 0 amide bonds. The van der Waals surface area contributed by atoms with Gasteiger partial charge in [0.05, 0.1) is 11.0 Å². The Hall–Kier alpha value is -1.22. The summed E-state index contributed by atoms with van der Waals surface area (Å²) in [5.74, 6) is 1.66. The lowest BCUT2D eigenvalue weighted by atomic mass is 10.1. The van der Waals surface area contributed by atoms with E-state index >= 15 is 0 Å². The predicted molar refractivity (Wildman–Crippen MR) is 59.0 cm³/mol. The quantitative estimate of drug-likeness (QED) is 0.666. The molecule has 1 aromatic heterocycles. The molecule has 82 valence electrons. The van der Waals surface area contributed by atoms with Gasteiger partial charge in [0.1, 0.15) is 5.82 Å². The minimum atomic E-state index is 0. The highest BCUT2D eigenvalue weighted by Crippen LogP contribution is 2.16. The molecule has 2 aromatic rings. The monoisotopic (exact) mass is 224 g/mol. The van der Waals surface area contributed by atoms with Crippen LogP contribution in [0.15, 0.2) is 18.2 Å². The lowest BCUT2D eigenvalue weighted by Gasteiger charge is -1.98. The van der Waals surface area contributed by atoms with Crippen molar-refractivity contribution in [3.63, 3.8) is 0 Å². The number of nitrogens with two attached hydrogens (primary N) is 1. The summed E-state index contributed by atoms with van der Waals surface area (Å²) in [6.07, 6.45) is 0.981. The molecule has 4 heteroatoms. The summed E-state index contributed by atoms with van der Waals surface area (Å²) < 4.78 is 0. The number of nitrogens with one attached hydrogen (secondary N) is 1. The van der Waals surface area contributed by atoms with Crippen LogP contribution in [0, 0.1) is 5.92 Å². The number of aromatic amines is 1. The van der Waals surface area contributed by atoms with E-state index in [0.29, 0.717) is 5.92 Å². The molecule has 0 atom stereocenters. The van der Waals surface area contributed by atoms with E-state index in [0.717, 1.165) is 29.0 Å². The van der Waals surface area contributed by atoms with Crippen LogP contribution in [0.25, 0.3) is 11.0 Å². The maximum Gasteiger partial charge on any atom is 0.107 e. The third kappa shape index (κ3) is 2.63. The summed E-state index contributed by atoms with van der Waals surface area (Å²) in [4.78, 5) is 7.76. The van der Waals surface area contributed by atoms with E-state index in [4.69, 9.17) is 5.73 Å². The molecule has 0 spiro atoms. The fourth-order valence-electron chi connectivity index (χ4n) is 1.56. The Labute approximate surface area is 95.5 Å². The largest absolute Gasteiger partial charge is 1.00 e. The van der Waals surface area contributed by atoms with Crippen molar-refractivity contribution in [2.45, 2.75) is 20.3 Å². The number of benzene rings is 1. The first kappa shape index (κ1) is 11.9. The Balaban J connectivity index is 0.00000112. The van der Waals surface area contributed by atoms with Crippen LogP contribution in [-0.2, 0) is 6.42 Å². The number of hydrogen-bond acceptors (Lipinski definition) is 2. The van der Waals surface area contributed by atoms with Gasteiger partial charge >= 0.3 is 0 Å². The van der Waals surface area contributed by atoms with E-state index in [1.165, 1.54) is 0 Å². The Bertz CT molecular complexity index is 448. The maximum absolute atomic E-state index is 5.69. The van der Waals surface area contributed by atoms with E-state index in [2.05, 4.69) is 23.8 Å². The zero-order chi connectivity index (χ0) is 10.1. The number of nitrogens with zero attached hydrogens (tertiary/aromatic N) is 1. The van der Waals surface area contributed by atoms with Gasteiger partial charge in [-0.05, 0) is 24.1 Å². The van der Waals surface area contributed by atoms with Crippen molar-refractivity contribution in [1.82, 2.24) is 9.97 Å². The second-order valence-electron chi connectivity index (χ2n) is 4.06. The molecule has 2 rings (SSSR count). The Morgan fingerprint density at radius 2 is 2.13 bits per heavy atom. The second kappa shape index (κ2) is 4.53. The number of rotatable bonds is 2. The van der Waals surface area contributed by atoms with E-state index in [9.17, 15) is 0 Å². The van der Waals surface area contributed by atoms with E-state index in [-0.39, 0.29) is 12.4 Å². The van der Waals surface area contributed by atoms with Crippen LogP contribution in [0.4, 0.5) is 5.69 Å². The van der Waals surface area contributed by atoms with Crippen molar-refractivity contribution >= 4 is 16.7 Å². The first-order valence-corrected chi connectivity index (χ1v) is 4.89. The van der Waals surface area contributed by atoms with Gasteiger partial charge in [0.25, 0.3) is 0 Å². The fraction of sp³-hybridized carbons (Fsp3) is 0.364. The minimum Gasteiger partial charge on any atom is -1.00 e. The molecule has 0 aliphatic carbocycles. The molecule has 1 heterocycles. The molecule has 0 fully saturated rings. The van der Waals surface area contributed by atoms with Crippen molar-refractivity contribution < 1.29 is 12.4 Å². The highest BCUT2D eigenvalue weighted by Gasteiger charge is 2.04. The second-order valence-corrected chi connectivity index (χ2v) is 4.06. The maximum atomic E-state index is 5.69. The van der Waals surface area contributed by atoms with Gasteiger partial charge < -0.3 is 23.1 Å². The van der Waals surface area contributed by atoms with Gasteiger partial charge in [-0.3, -0.25) is 0 Å². The Morgan fingerprint density at radius 3 is 2.80 bits per heavy atom. The summed E-state index contributed by atoms with van der Waals surface area (Å²) in [5, 5.41) is 0. The third-order valence-corrected chi connectivity index (χ3v) is 2.16. The van der Waals surface area contributed by atoms with E-state index in [1.807, 2.05) is 18.2 Å². The zero-order valence-corrected chi connectivity index (χ0v) is 9.67.